The van der Waals surface area contributed by atoms with Crippen molar-refractivity contribution in [3.05, 3.63) is 0 Å². The topological polar surface area (TPSA) is 0 Å². The van der Waals surface area contributed by atoms with Crippen molar-refractivity contribution >= 4 is 0 Å². The van der Waals surface area contributed by atoms with Gasteiger partial charge in [0, 0.05) is 6.42 Å². The molecule has 362 valence electrons. The zero-order valence-corrected chi connectivity index (χ0v) is 25.9. The van der Waals surface area contributed by atoms with Crippen molar-refractivity contribution in [1.82, 2.24) is 0 Å². The molecule has 0 aromatic carbocycles. The first-order valence-electron chi connectivity index (χ1n) is 12.9. The third-order valence-electron chi connectivity index (χ3n) is 7.57. The average Bonchev–Trinajstić information content (AvgIpc) is 3.02. The van der Waals surface area contributed by atoms with E-state index < -0.39 is 126 Å². The summed E-state index contributed by atoms with van der Waals surface area (Å²) < 4.78 is 527. The summed E-state index contributed by atoms with van der Waals surface area (Å²) in [6.07, 6.45) is -11.5. The van der Waals surface area contributed by atoms with Crippen molar-refractivity contribution in [2.24, 2.45) is 0 Å². The van der Waals surface area contributed by atoms with E-state index in [-0.39, 0.29) is 0 Å². The summed E-state index contributed by atoms with van der Waals surface area (Å²) in [5.74, 6) is -176. The Morgan fingerprint density at radius 3 is 0.367 bits per heavy atom. The molecule has 60 heavy (non-hydrogen) atoms. The number of hydrogen-bond donors (Lipinski definition) is 0. The molecule has 0 heterocycles. The SMILES string of the molecule is CCC(F)(F)C(F)(F)C(F)(F)C(F)(F)C(F)(F)C(F)(F)C(F)(F)C(F)(F)C(F)(F)C(F)(F)C(F)(F)C(F)(F)C(F)(F)C(F)(F)C(F)(F)C(F)(F)C(F)(F)C(F)(F)C(F)(F)F. The Balaban J connectivity index is 7.93. The van der Waals surface area contributed by atoms with Crippen LogP contribution in [0.1, 0.15) is 13.3 Å². The van der Waals surface area contributed by atoms with Crippen molar-refractivity contribution in [2.45, 2.75) is 126 Å². The largest absolute Gasteiger partial charge is 0.460 e. The van der Waals surface area contributed by atoms with Crippen LogP contribution in [0.4, 0.5) is 171 Å². The molecule has 0 aromatic rings. The molecule has 0 spiro atoms. The fourth-order valence-corrected chi connectivity index (χ4v) is 3.59. The van der Waals surface area contributed by atoms with Gasteiger partial charge >= 0.3 is 113 Å². The van der Waals surface area contributed by atoms with Crippen molar-refractivity contribution in [3.8, 4) is 0 Å². The predicted molar refractivity (Wildman–Crippen MR) is 105 cm³/mol. The van der Waals surface area contributed by atoms with Crippen LogP contribution in [0.15, 0.2) is 0 Å². The van der Waals surface area contributed by atoms with Gasteiger partial charge in [-0.1, -0.05) is 6.92 Å². The minimum absolute atomic E-state index is 0.499. The Kier molecular flexibility index (Phi) is 13.0. The molecule has 0 unspecified atom stereocenters. The fraction of sp³-hybridized carbons (Fsp3) is 1.00. The van der Waals surface area contributed by atoms with Crippen molar-refractivity contribution in [1.29, 1.82) is 0 Å². The van der Waals surface area contributed by atoms with Gasteiger partial charge in [0.05, 0.1) is 0 Å². The predicted octanol–water partition coefficient (Wildman–Crippen LogP) is 13.4. The Morgan fingerprint density at radius 1 is 0.167 bits per heavy atom. The van der Waals surface area contributed by atoms with Crippen LogP contribution in [-0.2, 0) is 0 Å². The zero-order chi connectivity index (χ0) is 50.2. The Bertz CT molecular complexity index is 1550. The van der Waals surface area contributed by atoms with Gasteiger partial charge in [0.2, 0.25) is 0 Å². The Morgan fingerprint density at radius 2 is 0.267 bits per heavy atom. The minimum atomic E-state index is -10.5. The molecule has 0 bridgehead atoms. The first-order chi connectivity index (χ1) is 25.1. The molecule has 0 saturated heterocycles. The second-order valence-corrected chi connectivity index (χ2v) is 11.3. The van der Waals surface area contributed by atoms with Crippen LogP contribution in [0, 0.1) is 0 Å². The van der Waals surface area contributed by atoms with Crippen LogP contribution >= 0.6 is 0 Å². The van der Waals surface area contributed by atoms with E-state index in [9.17, 15) is 171 Å². The number of hydrogen-bond acceptors (Lipinski definition) is 0. The lowest BCUT2D eigenvalue weighted by molar-refractivity contribution is -0.494. The first-order valence-corrected chi connectivity index (χ1v) is 12.9. The molecule has 0 aromatic heterocycles. The van der Waals surface area contributed by atoms with Gasteiger partial charge in [-0.15, -0.1) is 0 Å². The van der Waals surface area contributed by atoms with Gasteiger partial charge in [-0.2, -0.15) is 171 Å². The van der Waals surface area contributed by atoms with Gasteiger partial charge in [-0.05, 0) is 0 Å². The standard InChI is InChI=1S/C21H5F39/c1-2-3(22,23)4(24,25)5(26,27)6(28,29)7(30,31)8(32,33)9(34,35)10(36,37)11(38,39)12(40,41)13(42,43)14(44,45)15(46,47)16(48,49)17(50,51)18(52,53)19(54,55)20(56,57)21(58,59)60/h2H2,1H3. The Labute approximate surface area is 298 Å². The summed E-state index contributed by atoms with van der Waals surface area (Å²) in [5, 5.41) is 0. The van der Waals surface area contributed by atoms with Crippen LogP contribution in [0.5, 0.6) is 0 Å². The van der Waals surface area contributed by atoms with Crippen molar-refractivity contribution < 1.29 is 171 Å². The highest BCUT2D eigenvalue weighted by Crippen LogP contribution is 2.71. The van der Waals surface area contributed by atoms with Gasteiger partial charge in [-0.25, -0.2) is 0 Å². The van der Waals surface area contributed by atoms with Gasteiger partial charge in [-0.3, -0.25) is 0 Å². The van der Waals surface area contributed by atoms with E-state index >= 15 is 0 Å². The molecule has 0 aliphatic rings. The van der Waals surface area contributed by atoms with Crippen LogP contribution in [-0.4, -0.2) is 113 Å². The number of rotatable bonds is 18. The fourth-order valence-electron chi connectivity index (χ4n) is 3.59. The highest BCUT2D eigenvalue weighted by atomic mass is 19.4. The average molecular weight is 998 g/mol. The summed E-state index contributed by atoms with van der Waals surface area (Å²) in [7, 11) is 0. The summed E-state index contributed by atoms with van der Waals surface area (Å²) in [6.45, 7) is -0.499. The van der Waals surface area contributed by atoms with Crippen molar-refractivity contribution in [2.75, 3.05) is 0 Å². The van der Waals surface area contributed by atoms with Gasteiger partial charge < -0.3 is 0 Å². The smallest absolute Gasteiger partial charge is 0.200 e. The number of halogens is 39. The highest BCUT2D eigenvalue weighted by molar-refractivity contribution is 5.23. The molecule has 0 saturated carbocycles. The summed E-state index contributed by atoms with van der Waals surface area (Å²) in [4.78, 5) is 0. The third kappa shape index (κ3) is 6.18. The maximum Gasteiger partial charge on any atom is 0.460 e. The van der Waals surface area contributed by atoms with Crippen LogP contribution in [0.3, 0.4) is 0 Å². The molecule has 0 N–H and O–H groups in total. The first kappa shape index (κ1) is 57.3. The molecule has 39 heteroatoms. The lowest BCUT2D eigenvalue weighted by Crippen LogP contribution is -2.80. The normalized spacial score (nSPS) is 17.4. The molecule has 0 nitrogen and oxygen atoms in total. The van der Waals surface area contributed by atoms with E-state index in [0.717, 1.165) is 0 Å². The molecule has 0 aliphatic carbocycles. The van der Waals surface area contributed by atoms with Crippen LogP contribution in [0.25, 0.3) is 0 Å². The summed E-state index contributed by atoms with van der Waals surface area (Å²) in [6, 6.07) is 0. The van der Waals surface area contributed by atoms with Crippen molar-refractivity contribution in [3.63, 3.8) is 0 Å². The lowest BCUT2D eigenvalue weighted by atomic mass is 9.82. The van der Waals surface area contributed by atoms with Gasteiger partial charge in [0.1, 0.15) is 0 Å². The van der Waals surface area contributed by atoms with Gasteiger partial charge in [0.25, 0.3) is 0 Å². The van der Waals surface area contributed by atoms with Crippen LogP contribution in [0.2, 0.25) is 0 Å². The minimum Gasteiger partial charge on any atom is -0.200 e. The molecule has 0 atom stereocenters. The molecule has 0 rings (SSSR count). The maximum atomic E-state index is 13.9. The molecule has 0 radical (unpaired) electrons. The molecular weight excluding hydrogens is 993 g/mol. The molecule has 0 aliphatic heterocycles. The lowest BCUT2D eigenvalue weighted by Gasteiger charge is -2.47. The van der Waals surface area contributed by atoms with E-state index in [1.807, 2.05) is 0 Å². The third-order valence-corrected chi connectivity index (χ3v) is 7.57. The molecular formula is C21H5F39. The molecule has 0 amide bonds. The maximum absolute atomic E-state index is 13.9. The Hall–Kier alpha value is -2.73. The van der Waals surface area contributed by atoms with E-state index in [0.29, 0.717) is 0 Å². The monoisotopic (exact) mass is 998 g/mol. The summed E-state index contributed by atoms with van der Waals surface area (Å²) >= 11 is 0. The zero-order valence-electron chi connectivity index (χ0n) is 25.9. The number of alkyl halides is 39. The molecule has 0 fully saturated rings. The van der Waals surface area contributed by atoms with E-state index in [1.165, 1.54) is 0 Å². The van der Waals surface area contributed by atoms with E-state index in [4.69, 9.17) is 0 Å². The summed E-state index contributed by atoms with van der Waals surface area (Å²) in [5.41, 5.74) is 0. The van der Waals surface area contributed by atoms with Gasteiger partial charge in [0.15, 0.2) is 0 Å². The van der Waals surface area contributed by atoms with E-state index in [2.05, 4.69) is 0 Å². The quantitative estimate of drug-likeness (QED) is 0.120. The van der Waals surface area contributed by atoms with Crippen LogP contribution < -0.4 is 0 Å². The second-order valence-electron chi connectivity index (χ2n) is 11.3. The highest BCUT2D eigenvalue weighted by Gasteiger charge is 3.03. The van der Waals surface area contributed by atoms with E-state index in [1.54, 1.807) is 0 Å². The second kappa shape index (κ2) is 13.6.